The lowest BCUT2D eigenvalue weighted by atomic mass is 9.90. The third kappa shape index (κ3) is 6.17. The van der Waals surface area contributed by atoms with Gasteiger partial charge in [-0.3, -0.25) is 0 Å². The Balaban J connectivity index is 2.16. The molecule has 1 unspecified atom stereocenters. The molecule has 1 atom stereocenters. The Morgan fingerprint density at radius 1 is 0.882 bits per heavy atom. The average Bonchev–Trinajstić information content (AvgIpc) is 2.81. The molecular formula is C29H34O5. The van der Waals surface area contributed by atoms with Crippen LogP contribution in [0.15, 0.2) is 60.7 Å². The fraction of sp³-hybridized carbons (Fsp3) is 0.345. The van der Waals surface area contributed by atoms with Crippen LogP contribution >= 0.6 is 0 Å². The second kappa shape index (κ2) is 10.7. The molecule has 0 aliphatic rings. The smallest absolute Gasteiger partial charge is 0.339 e. The predicted molar refractivity (Wildman–Crippen MR) is 134 cm³/mol. The number of methoxy groups -OCH3 is 2. The van der Waals surface area contributed by atoms with Gasteiger partial charge in [-0.05, 0) is 69.5 Å². The Bertz CT molecular complexity index is 1110. The normalized spacial score (nSPS) is 12.2. The number of carbonyl (C=O) groups excluding carboxylic acids is 1. The van der Waals surface area contributed by atoms with Gasteiger partial charge in [-0.15, -0.1) is 0 Å². The SMILES string of the molecule is COC(=O)C(OC(C)(C)C)c1c(C)ccc(OCc2ccc(C)cc2)c1-c1ccc(OC)cc1. The van der Waals surface area contributed by atoms with E-state index in [2.05, 4.69) is 31.2 Å². The molecule has 0 saturated heterocycles. The van der Waals surface area contributed by atoms with Gasteiger partial charge in [0.25, 0.3) is 0 Å². The van der Waals surface area contributed by atoms with Crippen molar-refractivity contribution in [2.45, 2.75) is 52.9 Å². The third-order valence-electron chi connectivity index (χ3n) is 5.47. The second-order valence-corrected chi connectivity index (χ2v) is 9.31. The summed E-state index contributed by atoms with van der Waals surface area (Å²) in [6, 6.07) is 19.8. The first-order valence-electron chi connectivity index (χ1n) is 11.3. The molecule has 3 rings (SSSR count). The minimum absolute atomic E-state index is 0.398. The molecule has 0 radical (unpaired) electrons. The fourth-order valence-electron chi connectivity index (χ4n) is 3.75. The zero-order valence-corrected chi connectivity index (χ0v) is 21.1. The molecule has 0 saturated carbocycles. The van der Waals surface area contributed by atoms with Gasteiger partial charge in [0, 0.05) is 11.1 Å². The highest BCUT2D eigenvalue weighted by Crippen LogP contribution is 2.42. The van der Waals surface area contributed by atoms with E-state index in [0.29, 0.717) is 12.4 Å². The van der Waals surface area contributed by atoms with Crippen molar-refractivity contribution in [3.8, 4) is 22.6 Å². The molecule has 180 valence electrons. The summed E-state index contributed by atoms with van der Waals surface area (Å²) in [5, 5.41) is 0. The van der Waals surface area contributed by atoms with Crippen molar-refractivity contribution >= 4 is 5.97 Å². The van der Waals surface area contributed by atoms with Crippen LogP contribution in [0.25, 0.3) is 11.1 Å². The van der Waals surface area contributed by atoms with E-state index in [4.69, 9.17) is 18.9 Å². The Morgan fingerprint density at radius 2 is 1.53 bits per heavy atom. The van der Waals surface area contributed by atoms with Gasteiger partial charge in [0.1, 0.15) is 18.1 Å². The van der Waals surface area contributed by atoms with Crippen LogP contribution in [0.4, 0.5) is 0 Å². The van der Waals surface area contributed by atoms with Gasteiger partial charge >= 0.3 is 5.97 Å². The second-order valence-electron chi connectivity index (χ2n) is 9.31. The van der Waals surface area contributed by atoms with Crippen molar-refractivity contribution in [1.82, 2.24) is 0 Å². The first-order valence-corrected chi connectivity index (χ1v) is 11.3. The molecule has 0 aliphatic carbocycles. The van der Waals surface area contributed by atoms with Gasteiger partial charge in [-0.1, -0.05) is 48.0 Å². The third-order valence-corrected chi connectivity index (χ3v) is 5.47. The summed E-state index contributed by atoms with van der Waals surface area (Å²) in [4.78, 5) is 12.9. The first kappa shape index (κ1) is 25.3. The molecule has 0 bridgehead atoms. The van der Waals surface area contributed by atoms with E-state index in [-0.39, 0.29) is 0 Å². The van der Waals surface area contributed by atoms with E-state index >= 15 is 0 Å². The summed E-state index contributed by atoms with van der Waals surface area (Å²) in [6.45, 7) is 10.2. The van der Waals surface area contributed by atoms with E-state index < -0.39 is 17.7 Å². The van der Waals surface area contributed by atoms with Crippen molar-refractivity contribution in [3.05, 3.63) is 82.9 Å². The topological polar surface area (TPSA) is 54.0 Å². The van der Waals surface area contributed by atoms with Gasteiger partial charge < -0.3 is 18.9 Å². The molecule has 5 nitrogen and oxygen atoms in total. The van der Waals surface area contributed by atoms with Crippen LogP contribution in [0.1, 0.15) is 49.1 Å². The molecule has 5 heteroatoms. The van der Waals surface area contributed by atoms with Crippen molar-refractivity contribution in [1.29, 1.82) is 0 Å². The number of rotatable bonds is 8. The molecule has 0 fully saturated rings. The Labute approximate surface area is 202 Å². The molecule has 3 aromatic rings. The maximum atomic E-state index is 12.9. The van der Waals surface area contributed by atoms with Crippen LogP contribution in [0, 0.1) is 13.8 Å². The van der Waals surface area contributed by atoms with Crippen LogP contribution in [0.5, 0.6) is 11.5 Å². The van der Waals surface area contributed by atoms with Gasteiger partial charge in [0.2, 0.25) is 0 Å². The van der Waals surface area contributed by atoms with Crippen LogP contribution in [-0.2, 0) is 20.9 Å². The molecule has 0 heterocycles. The lowest BCUT2D eigenvalue weighted by Crippen LogP contribution is -2.29. The minimum atomic E-state index is -0.912. The zero-order chi connectivity index (χ0) is 24.9. The highest BCUT2D eigenvalue weighted by Gasteiger charge is 2.33. The van der Waals surface area contributed by atoms with Crippen molar-refractivity contribution in [2.24, 2.45) is 0 Å². The van der Waals surface area contributed by atoms with Crippen molar-refractivity contribution < 1.29 is 23.7 Å². The highest BCUT2D eigenvalue weighted by atomic mass is 16.6. The van der Waals surface area contributed by atoms with Gasteiger partial charge in [-0.2, -0.15) is 0 Å². The van der Waals surface area contributed by atoms with Crippen molar-refractivity contribution in [2.75, 3.05) is 14.2 Å². The summed E-state index contributed by atoms with van der Waals surface area (Å²) in [5.41, 5.74) is 5.02. The van der Waals surface area contributed by atoms with Crippen molar-refractivity contribution in [3.63, 3.8) is 0 Å². The number of carbonyl (C=O) groups is 1. The summed E-state index contributed by atoms with van der Waals surface area (Å²) in [7, 11) is 3.01. The summed E-state index contributed by atoms with van der Waals surface area (Å²) >= 11 is 0. The van der Waals surface area contributed by atoms with E-state index in [0.717, 1.165) is 33.6 Å². The van der Waals surface area contributed by atoms with Gasteiger partial charge in [-0.25, -0.2) is 4.79 Å². The number of esters is 1. The van der Waals surface area contributed by atoms with Crippen LogP contribution < -0.4 is 9.47 Å². The van der Waals surface area contributed by atoms with E-state index in [1.807, 2.05) is 64.1 Å². The molecule has 34 heavy (non-hydrogen) atoms. The quantitative estimate of drug-likeness (QED) is 0.354. The average molecular weight is 463 g/mol. The number of aryl methyl sites for hydroxylation is 2. The van der Waals surface area contributed by atoms with E-state index in [1.54, 1.807) is 7.11 Å². The van der Waals surface area contributed by atoms with E-state index in [9.17, 15) is 4.79 Å². The number of ether oxygens (including phenoxy) is 4. The van der Waals surface area contributed by atoms with Crippen LogP contribution in [-0.4, -0.2) is 25.8 Å². The lowest BCUT2D eigenvalue weighted by molar-refractivity contribution is -0.164. The maximum absolute atomic E-state index is 12.9. The van der Waals surface area contributed by atoms with Gasteiger partial charge in [0.15, 0.2) is 6.10 Å². The minimum Gasteiger partial charge on any atom is -0.497 e. The summed E-state index contributed by atoms with van der Waals surface area (Å²) < 4.78 is 23.1. The molecule has 0 aromatic heterocycles. The molecule has 0 amide bonds. The Hall–Kier alpha value is -3.31. The standard InChI is InChI=1S/C29H34O5/c1-19-8-11-21(12-9-19)18-33-24-17-10-20(2)25(27(28(30)32-7)34-29(3,4)5)26(24)22-13-15-23(31-6)16-14-22/h8-17,27H,18H2,1-7H3. The Kier molecular flexibility index (Phi) is 8.00. The largest absolute Gasteiger partial charge is 0.497 e. The predicted octanol–water partition coefficient (Wildman–Crippen LogP) is 6.59. The molecule has 0 spiro atoms. The molecular weight excluding hydrogens is 428 g/mol. The van der Waals surface area contributed by atoms with Gasteiger partial charge in [0.05, 0.1) is 19.8 Å². The fourth-order valence-corrected chi connectivity index (χ4v) is 3.75. The summed E-state index contributed by atoms with van der Waals surface area (Å²) in [5.74, 6) is 0.955. The van der Waals surface area contributed by atoms with Crippen LogP contribution in [0.3, 0.4) is 0 Å². The molecule has 0 N–H and O–H groups in total. The monoisotopic (exact) mass is 462 g/mol. The lowest BCUT2D eigenvalue weighted by Gasteiger charge is -2.29. The Morgan fingerprint density at radius 3 is 2.09 bits per heavy atom. The molecule has 3 aromatic carbocycles. The zero-order valence-electron chi connectivity index (χ0n) is 21.1. The number of benzene rings is 3. The highest BCUT2D eigenvalue weighted by molar-refractivity contribution is 5.85. The number of hydrogen-bond acceptors (Lipinski definition) is 5. The van der Waals surface area contributed by atoms with Crippen LogP contribution in [0.2, 0.25) is 0 Å². The summed E-state index contributed by atoms with van der Waals surface area (Å²) in [6.07, 6.45) is -0.912. The first-order chi connectivity index (χ1) is 16.1. The molecule has 0 aliphatic heterocycles. The maximum Gasteiger partial charge on any atom is 0.339 e. The van der Waals surface area contributed by atoms with E-state index in [1.165, 1.54) is 12.7 Å². The number of hydrogen-bond donors (Lipinski definition) is 0.